The van der Waals surface area contributed by atoms with Crippen molar-refractivity contribution >= 4 is 17.7 Å². The van der Waals surface area contributed by atoms with Crippen LogP contribution in [0.1, 0.15) is 87.1 Å². The first-order chi connectivity index (χ1) is 10.3. The maximum absolute atomic E-state index is 11.4. The maximum atomic E-state index is 11.4. The van der Waals surface area contributed by atoms with E-state index in [1.165, 1.54) is 64.2 Å². The topological polar surface area (TPSA) is 17.1 Å². The monoisotopic (exact) mass is 306 g/mol. The highest BCUT2D eigenvalue weighted by Gasteiger charge is 2.06. The molecule has 0 atom stereocenters. The van der Waals surface area contributed by atoms with Crippen molar-refractivity contribution in [3.05, 3.63) is 35.4 Å². The predicted octanol–water partition coefficient (Wildman–Crippen LogP) is 6.22. The Bertz CT molecular complexity index is 400. The fraction of sp³-hybridized carbons (Fsp3) is 0.632. The molecule has 1 aromatic rings. The quantitative estimate of drug-likeness (QED) is 0.358. The van der Waals surface area contributed by atoms with E-state index < -0.39 is 0 Å². The number of unbranched alkanes of at least 4 members (excludes halogenated alkanes) is 9. The molecule has 0 saturated heterocycles. The minimum atomic E-state index is -0.113. The summed E-state index contributed by atoms with van der Waals surface area (Å²) in [5, 5.41) is -0.113. The van der Waals surface area contributed by atoms with Crippen LogP contribution in [0, 0.1) is 0 Å². The van der Waals surface area contributed by atoms with Gasteiger partial charge in [0, 0.05) is 5.56 Å². The van der Waals surface area contributed by atoms with Gasteiger partial charge in [0.1, 0.15) is 0 Å². The first-order valence-electron chi connectivity index (χ1n) is 8.57. The van der Waals surface area contributed by atoms with Crippen LogP contribution in [0.5, 0.6) is 0 Å². The van der Waals surface area contributed by atoms with E-state index in [4.69, 9.17) is 0 Å². The van der Waals surface area contributed by atoms with Gasteiger partial charge in [-0.05, 0) is 18.4 Å². The van der Waals surface area contributed by atoms with E-state index in [1.54, 1.807) is 0 Å². The first kappa shape index (κ1) is 18.3. The van der Waals surface area contributed by atoms with Crippen molar-refractivity contribution in [3.63, 3.8) is 0 Å². The van der Waals surface area contributed by atoms with E-state index in [0.29, 0.717) is 0 Å². The number of carbonyl (C=O) groups is 1. The molecule has 0 saturated carbocycles. The highest BCUT2D eigenvalue weighted by Crippen LogP contribution is 2.16. The third-order valence-corrected chi connectivity index (χ3v) is 4.29. The van der Waals surface area contributed by atoms with E-state index in [0.717, 1.165) is 17.5 Å². The third-order valence-electron chi connectivity index (χ3n) is 4.05. The number of rotatable bonds is 12. The molecule has 0 aliphatic carbocycles. The van der Waals surface area contributed by atoms with Crippen molar-refractivity contribution in [3.8, 4) is 0 Å². The van der Waals surface area contributed by atoms with E-state index in [2.05, 4.69) is 25.6 Å². The van der Waals surface area contributed by atoms with Crippen LogP contribution in [0.4, 0.5) is 0 Å². The minimum absolute atomic E-state index is 0.113. The molecule has 0 radical (unpaired) electrons. The van der Waals surface area contributed by atoms with Crippen molar-refractivity contribution < 1.29 is 4.79 Å². The van der Waals surface area contributed by atoms with Crippen molar-refractivity contribution in [2.24, 2.45) is 0 Å². The fourth-order valence-corrected chi connectivity index (χ4v) is 2.97. The molecule has 0 heterocycles. The standard InChI is InChI=1S/C19H30OS/c1-2-3-4-5-6-7-8-9-10-11-14-17-15-12-13-16-18(17)19(20)21/h12-13,15-16H,2-11,14H2,1H3,(H,20,21). The van der Waals surface area contributed by atoms with Crippen molar-refractivity contribution in [2.75, 3.05) is 0 Å². The van der Waals surface area contributed by atoms with E-state index >= 15 is 0 Å². The molecule has 21 heavy (non-hydrogen) atoms. The largest absolute Gasteiger partial charge is 0.282 e. The molecular weight excluding hydrogens is 276 g/mol. The summed E-state index contributed by atoms with van der Waals surface area (Å²) >= 11 is 3.94. The molecule has 0 N–H and O–H groups in total. The summed E-state index contributed by atoms with van der Waals surface area (Å²) in [5.41, 5.74) is 1.92. The smallest absolute Gasteiger partial charge is 0.216 e. The molecule has 1 aromatic carbocycles. The predicted molar refractivity (Wildman–Crippen MR) is 95.3 cm³/mol. The second kappa shape index (κ2) is 11.9. The highest BCUT2D eigenvalue weighted by atomic mass is 32.1. The van der Waals surface area contributed by atoms with Gasteiger partial charge < -0.3 is 0 Å². The molecule has 0 fully saturated rings. The molecule has 0 aromatic heterocycles. The first-order valence-corrected chi connectivity index (χ1v) is 9.01. The summed E-state index contributed by atoms with van der Waals surface area (Å²) in [7, 11) is 0. The van der Waals surface area contributed by atoms with Crippen LogP contribution in [0.15, 0.2) is 24.3 Å². The lowest BCUT2D eigenvalue weighted by molar-refractivity contribution is 0.109. The normalized spacial score (nSPS) is 10.8. The van der Waals surface area contributed by atoms with Crippen molar-refractivity contribution in [1.82, 2.24) is 0 Å². The number of aryl methyl sites for hydroxylation is 1. The minimum Gasteiger partial charge on any atom is -0.282 e. The summed E-state index contributed by atoms with van der Waals surface area (Å²) in [6.07, 6.45) is 14.4. The van der Waals surface area contributed by atoms with Crippen LogP contribution >= 0.6 is 12.6 Å². The molecule has 0 amide bonds. The van der Waals surface area contributed by atoms with Crippen LogP contribution in [0.2, 0.25) is 0 Å². The average molecular weight is 307 g/mol. The zero-order valence-electron chi connectivity index (χ0n) is 13.4. The Morgan fingerprint density at radius 2 is 1.38 bits per heavy atom. The summed E-state index contributed by atoms with van der Waals surface area (Å²) in [5.74, 6) is 0. The summed E-state index contributed by atoms with van der Waals surface area (Å²) in [4.78, 5) is 11.4. The van der Waals surface area contributed by atoms with Gasteiger partial charge in [0.15, 0.2) is 0 Å². The SMILES string of the molecule is CCCCCCCCCCCCc1ccccc1C(=O)S. The van der Waals surface area contributed by atoms with Crippen LogP contribution in [-0.2, 0) is 6.42 Å². The highest BCUT2D eigenvalue weighted by molar-refractivity contribution is 7.97. The summed E-state index contributed by atoms with van der Waals surface area (Å²) in [6, 6.07) is 7.84. The lowest BCUT2D eigenvalue weighted by Gasteiger charge is -2.06. The van der Waals surface area contributed by atoms with Gasteiger partial charge in [0.2, 0.25) is 5.12 Å². The van der Waals surface area contributed by atoms with E-state index in [-0.39, 0.29) is 5.12 Å². The van der Waals surface area contributed by atoms with Gasteiger partial charge in [-0.25, -0.2) is 0 Å². The van der Waals surface area contributed by atoms with Crippen LogP contribution in [0.3, 0.4) is 0 Å². The Labute approximate surface area is 135 Å². The van der Waals surface area contributed by atoms with Crippen LogP contribution in [-0.4, -0.2) is 5.12 Å². The number of thiol groups is 1. The van der Waals surface area contributed by atoms with E-state index in [1.807, 2.05) is 18.2 Å². The van der Waals surface area contributed by atoms with Gasteiger partial charge in [0.05, 0.1) is 0 Å². The van der Waals surface area contributed by atoms with E-state index in [9.17, 15) is 4.79 Å². The second-order valence-electron chi connectivity index (χ2n) is 5.89. The molecule has 1 rings (SSSR count). The van der Waals surface area contributed by atoms with Gasteiger partial charge in [-0.15, -0.1) is 12.6 Å². The maximum Gasteiger partial charge on any atom is 0.216 e. The van der Waals surface area contributed by atoms with Gasteiger partial charge in [0.25, 0.3) is 0 Å². The molecule has 0 spiro atoms. The number of benzene rings is 1. The Morgan fingerprint density at radius 3 is 1.95 bits per heavy atom. The van der Waals surface area contributed by atoms with Crippen molar-refractivity contribution in [2.45, 2.75) is 77.6 Å². The van der Waals surface area contributed by atoms with Crippen molar-refractivity contribution in [1.29, 1.82) is 0 Å². The molecule has 0 unspecified atom stereocenters. The molecule has 1 nitrogen and oxygen atoms in total. The Kier molecular flexibility index (Phi) is 10.3. The van der Waals surface area contributed by atoms with Gasteiger partial charge in [-0.3, -0.25) is 4.79 Å². The number of hydrogen-bond donors (Lipinski definition) is 1. The number of carbonyl (C=O) groups excluding carboxylic acids is 1. The third kappa shape index (κ3) is 8.31. The summed E-state index contributed by atoms with van der Waals surface area (Å²) in [6.45, 7) is 2.26. The Morgan fingerprint density at radius 1 is 0.857 bits per heavy atom. The summed E-state index contributed by atoms with van der Waals surface area (Å²) < 4.78 is 0. The fourth-order valence-electron chi connectivity index (χ4n) is 2.75. The number of hydrogen-bond acceptors (Lipinski definition) is 1. The zero-order chi connectivity index (χ0) is 15.3. The van der Waals surface area contributed by atoms with Gasteiger partial charge >= 0.3 is 0 Å². The molecular formula is C19H30OS. The second-order valence-corrected chi connectivity index (χ2v) is 6.30. The Hall–Kier alpha value is -0.760. The average Bonchev–Trinajstić information content (AvgIpc) is 2.49. The van der Waals surface area contributed by atoms with Crippen LogP contribution in [0.25, 0.3) is 0 Å². The van der Waals surface area contributed by atoms with Crippen LogP contribution < -0.4 is 0 Å². The Balaban J connectivity index is 2.06. The molecule has 2 heteroatoms. The molecule has 0 bridgehead atoms. The lowest BCUT2D eigenvalue weighted by atomic mass is 10.0. The zero-order valence-corrected chi connectivity index (χ0v) is 14.3. The van der Waals surface area contributed by atoms with Gasteiger partial charge in [-0.2, -0.15) is 0 Å². The van der Waals surface area contributed by atoms with Gasteiger partial charge in [-0.1, -0.05) is 89.0 Å². The molecule has 118 valence electrons. The molecule has 0 aliphatic heterocycles. The lowest BCUT2D eigenvalue weighted by Crippen LogP contribution is -1.97. The molecule has 0 aliphatic rings.